The number of hydrogen-bond donors (Lipinski definition) is 1. The van der Waals surface area contributed by atoms with Crippen molar-refractivity contribution in [1.82, 2.24) is 14.5 Å². The molecule has 6 bridgehead atoms. The molecule has 15 nitrogen and oxygen atoms in total. The maximum absolute atomic E-state index is 15.8. The molecule has 0 unspecified atom stereocenters. The highest BCUT2D eigenvalue weighted by Gasteiger charge is 2.77. The van der Waals surface area contributed by atoms with Gasteiger partial charge in [-0.15, -0.1) is 4.99 Å². The Kier molecular flexibility index (Phi) is 15.0. The third-order valence-electron chi connectivity index (χ3n) is 16.4. The number of H-pyrrole nitrogens is 1. The van der Waals surface area contributed by atoms with E-state index in [9.17, 15) is 8.42 Å². The summed E-state index contributed by atoms with van der Waals surface area (Å²) in [5.74, 6) is -9.86. The van der Waals surface area contributed by atoms with Gasteiger partial charge in [-0.2, -0.15) is 97.1 Å². The number of nitrogens with zero attached hydrogens (tertiary/aromatic N) is 7. The minimum absolute atomic E-state index is 0.191. The van der Waals surface area contributed by atoms with Crippen LogP contribution in [-0.2, 0) is 32.7 Å². The number of halogens is 18. The van der Waals surface area contributed by atoms with Crippen molar-refractivity contribution in [3.8, 4) is 28.8 Å². The highest BCUT2D eigenvalue weighted by atomic mass is 32.2. The first kappa shape index (κ1) is 66.1. The van der Waals surface area contributed by atoms with E-state index in [2.05, 4.69) is 25.0 Å². The monoisotopic (exact) mass is 1430 g/mol. The summed E-state index contributed by atoms with van der Waals surface area (Å²) in [6, 6.07) is 29.2. The predicted molar refractivity (Wildman–Crippen MR) is 317 cm³/mol. The summed E-state index contributed by atoms with van der Waals surface area (Å²) in [7, 11) is -4.79. The number of ether oxygens (including phenoxy) is 3. The van der Waals surface area contributed by atoms with E-state index in [0.29, 0.717) is 63.9 Å². The average molecular weight is 1430 g/mol. The molecule has 512 valence electrons. The lowest BCUT2D eigenvalue weighted by Gasteiger charge is -2.38. The van der Waals surface area contributed by atoms with E-state index in [1.807, 2.05) is 0 Å². The summed E-state index contributed by atoms with van der Waals surface area (Å²) in [6.07, 6.45) is -38.5. The molecule has 4 aliphatic rings. The third kappa shape index (κ3) is 10.2. The molecule has 0 saturated carbocycles. The molecule has 14 rings (SSSR count). The second-order valence-electron chi connectivity index (χ2n) is 22.4. The molecule has 0 fully saturated rings. The smallest absolute Gasteiger partial charge is 0.442 e. The van der Waals surface area contributed by atoms with Crippen LogP contribution in [0.25, 0.3) is 43.8 Å². The number of benzene rings is 8. The number of fused-ring (bicyclic) bond motifs is 15. The van der Waals surface area contributed by atoms with Gasteiger partial charge in [0.1, 0.15) is 33.9 Å². The Hall–Kier alpha value is -11.2. The Balaban J connectivity index is 1.15. The van der Waals surface area contributed by atoms with Gasteiger partial charge in [0.05, 0.1) is 27.1 Å². The lowest BCUT2D eigenvalue weighted by molar-refractivity contribution is -0.793. The van der Waals surface area contributed by atoms with Crippen molar-refractivity contribution in [2.24, 2.45) is 20.0 Å². The number of nitrogens with one attached hydrogen (secondary N) is 1. The fraction of sp³-hybridized carbons (Fsp3) is 0.152. The zero-order chi connectivity index (χ0) is 71.1. The maximum atomic E-state index is 15.8. The maximum Gasteiger partial charge on any atom is 0.442 e. The molecule has 2 aromatic heterocycles. The Morgan fingerprint density at radius 2 is 0.860 bits per heavy atom. The minimum Gasteiger partial charge on any atom is -0.464 e. The molecule has 34 heteroatoms. The van der Waals surface area contributed by atoms with Crippen LogP contribution in [0.15, 0.2) is 219 Å². The number of aliphatic imine (C=N–C) groups is 2. The second-order valence-corrected chi connectivity index (χ2v) is 24.0. The van der Waals surface area contributed by atoms with E-state index in [1.54, 1.807) is 6.07 Å². The van der Waals surface area contributed by atoms with Crippen LogP contribution in [0.5, 0.6) is 23.0 Å². The molecule has 0 saturated heterocycles. The van der Waals surface area contributed by atoms with E-state index in [4.69, 9.17) is 28.0 Å². The quantitative estimate of drug-likeness (QED) is 0.0675. The zero-order valence-corrected chi connectivity index (χ0v) is 50.2. The Labute approximate surface area is 546 Å². The third-order valence-corrected chi connectivity index (χ3v) is 17.5. The van der Waals surface area contributed by atoms with Gasteiger partial charge >= 0.3 is 64.0 Å². The van der Waals surface area contributed by atoms with Crippen LogP contribution in [0.3, 0.4) is 0 Å². The zero-order valence-electron chi connectivity index (χ0n) is 49.4. The molecule has 0 radical (unpaired) electrons. The summed E-state index contributed by atoms with van der Waals surface area (Å²) in [5.41, 5.74) is -24.4. The lowest BCUT2D eigenvalue weighted by Crippen LogP contribution is -2.58. The number of aromatic nitrogens is 4. The van der Waals surface area contributed by atoms with E-state index >= 15 is 79.0 Å². The fourth-order valence-corrected chi connectivity index (χ4v) is 13.1. The number of hydrogen-bond acceptors (Lipinski definition) is 12. The van der Waals surface area contributed by atoms with Gasteiger partial charge in [0.2, 0.25) is 11.3 Å². The Bertz CT molecular complexity index is 5500. The van der Waals surface area contributed by atoms with Crippen molar-refractivity contribution >= 4 is 71.4 Å². The topological polar surface area (TPSA) is 171 Å². The molecule has 0 spiro atoms. The average Bonchev–Trinajstić information content (AvgIpc) is 1.38. The van der Waals surface area contributed by atoms with Crippen molar-refractivity contribution in [1.29, 1.82) is 0 Å². The first-order chi connectivity index (χ1) is 47.1. The van der Waals surface area contributed by atoms with Crippen LogP contribution in [0.1, 0.15) is 33.4 Å². The molecule has 4 aliphatic heterocycles. The number of aromatic amines is 1. The molecule has 10 aromatic rings. The molecule has 8 aromatic carbocycles. The SMILES string of the molecule is O=S(=O)(Cc1ccccc1)Oc1cccc2c3[n+]4on5c(c6c(OC(c7ccccc7)(C(F)(F)F)C(F)(F)F)cccc6c5nc-4c12)N=C1N=C(N=c2[nH]c(c4c(OC(c5ccccc5)(C(F)(F)F)C(F)(F)F)cccc24)=N3)c2c(OC(c3ccccc3)(C(F)(F)F)C(F)(F)F)cccc21. The summed E-state index contributed by atoms with van der Waals surface area (Å²) in [5, 5.41) is -3.69. The van der Waals surface area contributed by atoms with Crippen molar-refractivity contribution in [2.75, 3.05) is 0 Å². The minimum atomic E-state index is -6.44. The number of amidine groups is 2. The molecule has 1 N–H and O–H groups in total. The van der Waals surface area contributed by atoms with Gasteiger partial charge < -0.3 is 23.4 Å². The van der Waals surface area contributed by atoms with Crippen LogP contribution >= 0.6 is 0 Å². The highest BCUT2D eigenvalue weighted by molar-refractivity contribution is 7.86. The summed E-state index contributed by atoms with van der Waals surface area (Å²) < 4.78 is 341. The summed E-state index contributed by atoms with van der Waals surface area (Å²) >= 11 is 0. The first-order valence-electron chi connectivity index (χ1n) is 28.8. The molecular formula is C66H35F18N8O7S+. The van der Waals surface area contributed by atoms with Gasteiger partial charge in [0, 0.05) is 27.6 Å². The molecule has 0 amide bonds. The highest BCUT2D eigenvalue weighted by Crippen LogP contribution is 2.58. The second kappa shape index (κ2) is 22.7. The van der Waals surface area contributed by atoms with Gasteiger partial charge in [0.15, 0.2) is 17.4 Å². The molecule has 0 aliphatic carbocycles. The van der Waals surface area contributed by atoms with Gasteiger partial charge in [-0.25, -0.2) is 9.98 Å². The molecule has 6 heterocycles. The van der Waals surface area contributed by atoms with Crippen LogP contribution in [0.2, 0.25) is 0 Å². The van der Waals surface area contributed by atoms with Crippen LogP contribution in [0, 0.1) is 0 Å². The van der Waals surface area contributed by atoms with Crippen molar-refractivity contribution < 1.29 is 115 Å². The normalized spacial score (nSPS) is 14.3. The fourth-order valence-electron chi connectivity index (χ4n) is 12.1. The van der Waals surface area contributed by atoms with Crippen molar-refractivity contribution in [3.63, 3.8) is 0 Å². The van der Waals surface area contributed by atoms with Crippen molar-refractivity contribution in [3.05, 3.63) is 238 Å². The first-order valence-corrected chi connectivity index (χ1v) is 30.4. The Morgan fingerprint density at radius 3 is 1.37 bits per heavy atom. The number of rotatable bonds is 13. The molecular weight excluding hydrogens is 1390 g/mol. The van der Waals surface area contributed by atoms with Gasteiger partial charge in [-0.05, 0) is 51.3 Å². The van der Waals surface area contributed by atoms with Gasteiger partial charge in [-0.1, -0.05) is 163 Å². The Morgan fingerprint density at radius 1 is 0.420 bits per heavy atom. The summed E-state index contributed by atoms with van der Waals surface area (Å²) in [4.78, 5) is 25.4. The van der Waals surface area contributed by atoms with E-state index in [1.165, 1.54) is 36.4 Å². The van der Waals surface area contributed by atoms with Gasteiger partial charge in [-0.3, -0.25) is 0 Å². The lowest BCUT2D eigenvalue weighted by atomic mass is 9.91. The van der Waals surface area contributed by atoms with E-state index in [-0.39, 0.29) is 10.9 Å². The summed E-state index contributed by atoms with van der Waals surface area (Å²) in [6.45, 7) is 0. The molecule has 100 heavy (non-hydrogen) atoms. The van der Waals surface area contributed by atoms with E-state index < -0.39 is 193 Å². The van der Waals surface area contributed by atoms with Crippen molar-refractivity contribution in [2.45, 2.75) is 59.6 Å². The van der Waals surface area contributed by atoms with Crippen LogP contribution in [0.4, 0.5) is 90.7 Å². The number of alkyl halides is 18. The predicted octanol–water partition coefficient (Wildman–Crippen LogP) is 16.0. The molecule has 0 atom stereocenters. The standard InChI is InChI=1S/C66H34F18N8O7S/c67-61(68,69)58(62(70,71)72,35-19-7-2-8-20-35)95-42-29-14-26-39-46(42)52-85-50-38-25-13-30-43(96-59(63(73,74)75,64(76,77)78)36-21-9-3-10-22-36)47(38)53(86-50)89-54-41-28-16-32-45(98-100(93,94)33-34-17-5-1-6-18-34)49(41)57-90-55-40-27-15-31-44(48(40)56(88-51(39)87-52)92(55)99-91(54)57)97-60(65(79,80)81,66(82,83)84)37-23-11-4-12-24-37/h1-32H,33H2/p+1. The van der Waals surface area contributed by atoms with Crippen LogP contribution < -0.4 is 34.1 Å². The van der Waals surface area contributed by atoms with E-state index in [0.717, 1.165) is 97.1 Å². The van der Waals surface area contributed by atoms with Crippen LogP contribution in [-0.4, -0.2) is 71.7 Å². The van der Waals surface area contributed by atoms with Gasteiger partial charge in [0.25, 0.3) is 17.3 Å². The largest absolute Gasteiger partial charge is 0.464 e.